The topological polar surface area (TPSA) is 153 Å². The SMILES string of the molecule is C=CCOc1ccc2c(c1)C1C(CCCCO)C(CCCCO)C=C3C(=NOCc4ccc([N+](=O)[O-])cc4)CC(N(Cc4ccc(F)cc4)C(=O)CCCCCCCCCCC)C(OCC=C)(O2)C31. The second-order valence-corrected chi connectivity index (χ2v) is 18.8. The molecule has 6 rings (SSSR count). The Kier molecular flexibility index (Phi) is 20.8. The van der Waals surface area contributed by atoms with E-state index in [1.165, 1.54) is 56.4 Å². The van der Waals surface area contributed by atoms with E-state index in [0.29, 0.717) is 55.1 Å². The molecule has 2 N–H and O–H groups in total. The Hall–Kier alpha value is -5.37. The van der Waals surface area contributed by atoms with Gasteiger partial charge in [0, 0.05) is 56.2 Å². The van der Waals surface area contributed by atoms with E-state index in [4.69, 9.17) is 24.2 Å². The number of nitro benzene ring substituents is 1. The summed E-state index contributed by atoms with van der Waals surface area (Å²) >= 11 is 0. The second kappa shape index (κ2) is 27.1. The van der Waals surface area contributed by atoms with E-state index >= 15 is 4.79 Å². The van der Waals surface area contributed by atoms with Crippen molar-refractivity contribution in [1.29, 1.82) is 0 Å². The molecule has 3 aromatic carbocycles. The number of rotatable bonds is 31. The van der Waals surface area contributed by atoms with Crippen LogP contribution in [0.25, 0.3) is 0 Å². The Bertz CT molecular complexity index is 2180. The number of amides is 1. The average molecular weight is 952 g/mol. The number of carbonyl (C=O) groups excluding carboxylic acids is 1. The van der Waals surface area contributed by atoms with Crippen LogP contribution in [0, 0.1) is 33.7 Å². The molecule has 0 radical (unpaired) electrons. The van der Waals surface area contributed by atoms with Crippen LogP contribution in [-0.4, -0.2) is 69.9 Å². The van der Waals surface area contributed by atoms with Crippen LogP contribution in [0.1, 0.15) is 139 Å². The van der Waals surface area contributed by atoms with Gasteiger partial charge in [0.05, 0.1) is 23.2 Å². The third-order valence-electron chi connectivity index (χ3n) is 14.0. The number of ether oxygens (including phenoxy) is 3. The summed E-state index contributed by atoms with van der Waals surface area (Å²) in [5.74, 6) is -1.43. The van der Waals surface area contributed by atoms with Gasteiger partial charge in [0.25, 0.3) is 5.69 Å². The first-order chi connectivity index (χ1) is 33.7. The Morgan fingerprint density at radius 1 is 0.884 bits per heavy atom. The Morgan fingerprint density at radius 3 is 2.22 bits per heavy atom. The highest BCUT2D eigenvalue weighted by atomic mass is 19.1. The standard InChI is InChI=1S/C56H74FN3O9/c1-4-7-8-9-10-11-12-13-14-21-53(63)59(39-41-22-26-44(57)27-23-41)52-38-50(58-68-40-42-24-28-45(29-25-42)60(64)65)48-36-43(19-15-17-32-61)47(20-16-18-33-62)54-49-37-46(66-34-5-2)30-31-51(49)69-56(52,55(48)54)67-35-6-3/h5-6,22-31,36-37,43,47,52,54-55,61-62H,2-4,7-21,32-35,38-40H2,1H3. The number of benzene rings is 3. The van der Waals surface area contributed by atoms with E-state index in [0.717, 1.165) is 61.6 Å². The Balaban J connectivity index is 1.51. The van der Waals surface area contributed by atoms with E-state index in [2.05, 4.69) is 26.2 Å². The average Bonchev–Trinajstić information content (AvgIpc) is 3.35. The molecule has 1 saturated carbocycles. The van der Waals surface area contributed by atoms with Gasteiger partial charge in [-0.05, 0) is 103 Å². The maximum absolute atomic E-state index is 15.2. The Morgan fingerprint density at radius 2 is 1.55 bits per heavy atom. The van der Waals surface area contributed by atoms with Crippen LogP contribution in [0.3, 0.4) is 0 Å². The van der Waals surface area contributed by atoms with Gasteiger partial charge in [-0.3, -0.25) is 14.9 Å². The lowest BCUT2D eigenvalue weighted by Gasteiger charge is -2.60. The van der Waals surface area contributed by atoms with E-state index in [9.17, 15) is 24.7 Å². The Labute approximate surface area is 408 Å². The number of aliphatic hydroxyl groups excluding tert-OH is 2. The number of nitro groups is 1. The van der Waals surface area contributed by atoms with Crippen LogP contribution in [-0.2, 0) is 27.5 Å². The van der Waals surface area contributed by atoms with Gasteiger partial charge in [0.1, 0.15) is 36.6 Å². The molecule has 3 aliphatic rings. The highest BCUT2D eigenvalue weighted by Crippen LogP contribution is 2.62. The lowest BCUT2D eigenvalue weighted by atomic mass is 9.55. The van der Waals surface area contributed by atoms with Crippen LogP contribution in [0.2, 0.25) is 0 Å². The molecule has 374 valence electrons. The predicted molar refractivity (Wildman–Crippen MR) is 267 cm³/mol. The van der Waals surface area contributed by atoms with Gasteiger partial charge in [0.2, 0.25) is 11.7 Å². The largest absolute Gasteiger partial charge is 0.490 e. The van der Waals surface area contributed by atoms with Crippen molar-refractivity contribution in [2.75, 3.05) is 26.4 Å². The zero-order valence-electron chi connectivity index (χ0n) is 40.6. The molecular formula is C56H74FN3O9. The number of hydrogen-bond donors (Lipinski definition) is 2. The van der Waals surface area contributed by atoms with Crippen molar-refractivity contribution in [3.05, 3.63) is 136 Å². The van der Waals surface area contributed by atoms with Crippen molar-refractivity contribution in [2.24, 2.45) is 22.9 Å². The number of halogens is 1. The molecular weight excluding hydrogens is 878 g/mol. The summed E-state index contributed by atoms with van der Waals surface area (Å²) in [4.78, 5) is 34.3. The number of nitrogens with zero attached hydrogens (tertiary/aromatic N) is 3. The number of allylic oxidation sites excluding steroid dienone is 1. The zero-order chi connectivity index (χ0) is 49.0. The first kappa shape index (κ1) is 53.0. The first-order valence-electron chi connectivity index (χ1n) is 25.4. The quantitative estimate of drug-likeness (QED) is 0.0278. The number of non-ortho nitro benzene ring substituents is 1. The van der Waals surface area contributed by atoms with E-state index < -0.39 is 22.7 Å². The van der Waals surface area contributed by atoms with Crippen molar-refractivity contribution in [3.63, 3.8) is 0 Å². The molecule has 0 bridgehead atoms. The van der Waals surface area contributed by atoms with Gasteiger partial charge in [-0.25, -0.2) is 4.39 Å². The number of carbonyl (C=O) groups is 1. The van der Waals surface area contributed by atoms with Crippen LogP contribution in [0.15, 0.2) is 109 Å². The van der Waals surface area contributed by atoms with Gasteiger partial charge in [-0.1, -0.05) is 113 Å². The summed E-state index contributed by atoms with van der Waals surface area (Å²) in [5, 5.41) is 36.3. The smallest absolute Gasteiger partial charge is 0.269 e. The third kappa shape index (κ3) is 13.9. The summed E-state index contributed by atoms with van der Waals surface area (Å²) in [7, 11) is 0. The van der Waals surface area contributed by atoms with Crippen molar-refractivity contribution in [1.82, 2.24) is 4.90 Å². The van der Waals surface area contributed by atoms with Crippen LogP contribution >= 0.6 is 0 Å². The van der Waals surface area contributed by atoms with Crippen LogP contribution in [0.5, 0.6) is 11.5 Å². The highest BCUT2D eigenvalue weighted by Gasteiger charge is 2.65. The molecule has 6 atom stereocenters. The fourth-order valence-electron chi connectivity index (χ4n) is 10.7. The maximum atomic E-state index is 15.2. The second-order valence-electron chi connectivity index (χ2n) is 18.8. The summed E-state index contributed by atoms with van der Waals surface area (Å²) in [6, 6.07) is 17.5. The lowest BCUT2D eigenvalue weighted by Crippen LogP contribution is -2.70. The fourth-order valence-corrected chi connectivity index (χ4v) is 10.7. The molecule has 69 heavy (non-hydrogen) atoms. The predicted octanol–water partition coefficient (Wildman–Crippen LogP) is 12.1. The molecule has 1 fully saturated rings. The number of oxime groups is 1. The van der Waals surface area contributed by atoms with Gasteiger partial charge in [-0.2, -0.15) is 0 Å². The summed E-state index contributed by atoms with van der Waals surface area (Å²) in [6.45, 7) is 10.9. The zero-order valence-corrected chi connectivity index (χ0v) is 40.6. The molecule has 0 spiro atoms. The van der Waals surface area contributed by atoms with Gasteiger partial charge in [-0.15, -0.1) is 6.58 Å². The van der Waals surface area contributed by atoms with Crippen molar-refractivity contribution in [3.8, 4) is 11.5 Å². The van der Waals surface area contributed by atoms with Crippen molar-refractivity contribution < 1.29 is 43.4 Å². The maximum Gasteiger partial charge on any atom is 0.269 e. The minimum absolute atomic E-state index is 0.0113. The molecule has 2 aliphatic carbocycles. The number of hydrogen-bond acceptors (Lipinski definition) is 10. The molecule has 0 aromatic heterocycles. The first-order valence-corrected chi connectivity index (χ1v) is 25.4. The van der Waals surface area contributed by atoms with Gasteiger partial charge >= 0.3 is 0 Å². The van der Waals surface area contributed by atoms with Crippen molar-refractivity contribution in [2.45, 2.75) is 147 Å². The van der Waals surface area contributed by atoms with Gasteiger partial charge in [0.15, 0.2) is 0 Å². The minimum atomic E-state index is -1.47. The normalized spacial score (nSPS) is 21.9. The molecule has 0 saturated heterocycles. The molecule has 1 amide bonds. The third-order valence-corrected chi connectivity index (χ3v) is 14.0. The molecule has 13 heteroatoms. The highest BCUT2D eigenvalue weighted by molar-refractivity contribution is 6.03. The minimum Gasteiger partial charge on any atom is -0.490 e. The van der Waals surface area contributed by atoms with Crippen LogP contribution < -0.4 is 9.47 Å². The number of aliphatic hydroxyl groups is 2. The molecule has 1 heterocycles. The molecule has 3 aromatic rings. The lowest BCUT2D eigenvalue weighted by molar-refractivity contribution is -0.384. The monoisotopic (exact) mass is 952 g/mol. The number of unbranched alkanes of at least 4 members (excludes halogenated alkanes) is 10. The molecule has 12 nitrogen and oxygen atoms in total. The fraction of sp³-hybridized carbons (Fsp3) is 0.536. The summed E-state index contributed by atoms with van der Waals surface area (Å²) in [5.41, 5.74) is 3.85. The van der Waals surface area contributed by atoms with E-state index in [1.54, 1.807) is 36.4 Å². The molecule has 1 aliphatic heterocycles. The van der Waals surface area contributed by atoms with E-state index in [-0.39, 0.29) is 74.6 Å². The summed E-state index contributed by atoms with van der Waals surface area (Å²) < 4.78 is 35.2. The number of fused-ring (bicyclic) bond motifs is 2. The van der Waals surface area contributed by atoms with E-state index in [1.807, 2.05) is 23.1 Å². The van der Waals surface area contributed by atoms with Crippen LogP contribution in [0.4, 0.5) is 10.1 Å². The molecule has 6 unspecified atom stereocenters. The van der Waals surface area contributed by atoms with Gasteiger partial charge < -0.3 is 34.2 Å². The van der Waals surface area contributed by atoms with Crippen molar-refractivity contribution >= 4 is 17.3 Å². The summed E-state index contributed by atoms with van der Waals surface area (Å²) in [6.07, 6.45) is 20.5.